The first kappa shape index (κ1) is 14.2. The van der Waals surface area contributed by atoms with Crippen molar-refractivity contribution < 1.29 is 14.3 Å². The fourth-order valence-corrected chi connectivity index (χ4v) is 2.25. The average Bonchev–Trinajstić information content (AvgIpc) is 3.08. The number of ether oxygens (including phenoxy) is 2. The first-order valence-electron chi connectivity index (χ1n) is 6.96. The number of nitrogens with one attached hydrogen (secondary N) is 1. The second kappa shape index (κ2) is 5.93. The Balaban J connectivity index is 1.58. The molecule has 1 aromatic heterocycles. The highest BCUT2D eigenvalue weighted by Gasteiger charge is 2.12. The van der Waals surface area contributed by atoms with Gasteiger partial charge in [-0.2, -0.15) is 5.10 Å². The lowest BCUT2D eigenvalue weighted by Gasteiger charge is -2.01. The minimum Gasteiger partial charge on any atom is -0.454 e. The number of benzene rings is 1. The van der Waals surface area contributed by atoms with Crippen LogP contribution in [0.15, 0.2) is 30.5 Å². The first-order valence-corrected chi connectivity index (χ1v) is 6.96. The van der Waals surface area contributed by atoms with Gasteiger partial charge in [-0.3, -0.25) is 9.48 Å². The molecule has 114 valence electrons. The van der Waals surface area contributed by atoms with Crippen molar-refractivity contribution in [2.24, 2.45) is 7.05 Å². The number of nitrogens with zero attached hydrogens (tertiary/aromatic N) is 2. The van der Waals surface area contributed by atoms with Gasteiger partial charge in [0.1, 0.15) is 0 Å². The van der Waals surface area contributed by atoms with Gasteiger partial charge in [-0.25, -0.2) is 0 Å². The van der Waals surface area contributed by atoms with Crippen LogP contribution in [0.25, 0.3) is 6.08 Å². The van der Waals surface area contributed by atoms with Crippen LogP contribution in [-0.4, -0.2) is 22.5 Å². The van der Waals surface area contributed by atoms with Crippen molar-refractivity contribution in [2.45, 2.75) is 13.5 Å². The van der Waals surface area contributed by atoms with Gasteiger partial charge < -0.3 is 14.8 Å². The Hall–Kier alpha value is -2.76. The standard InChI is InChI=1S/C16H17N3O3/c1-11-13(9-19(2)18-11)8-17-16(20)6-4-12-3-5-14-15(7-12)22-10-21-14/h3-7,9H,8,10H2,1-2H3,(H,17,20)/b6-4+. The highest BCUT2D eigenvalue weighted by molar-refractivity contribution is 5.91. The van der Waals surface area contributed by atoms with Crippen LogP contribution in [-0.2, 0) is 18.4 Å². The lowest BCUT2D eigenvalue weighted by Crippen LogP contribution is -2.20. The number of amides is 1. The summed E-state index contributed by atoms with van der Waals surface area (Å²) in [5.41, 5.74) is 2.81. The molecule has 3 rings (SSSR count). The molecule has 0 atom stereocenters. The number of carbonyl (C=O) groups is 1. The predicted molar refractivity (Wildman–Crippen MR) is 81.4 cm³/mol. The molecule has 0 saturated heterocycles. The van der Waals surface area contributed by atoms with Crippen molar-refractivity contribution in [2.75, 3.05) is 6.79 Å². The van der Waals surface area contributed by atoms with Crippen LogP contribution >= 0.6 is 0 Å². The van der Waals surface area contributed by atoms with Crippen LogP contribution in [0.3, 0.4) is 0 Å². The highest BCUT2D eigenvalue weighted by atomic mass is 16.7. The van der Waals surface area contributed by atoms with E-state index in [-0.39, 0.29) is 12.7 Å². The molecule has 0 aliphatic carbocycles. The van der Waals surface area contributed by atoms with Gasteiger partial charge >= 0.3 is 0 Å². The summed E-state index contributed by atoms with van der Waals surface area (Å²) < 4.78 is 12.3. The molecule has 1 amide bonds. The van der Waals surface area contributed by atoms with E-state index in [0.29, 0.717) is 12.3 Å². The summed E-state index contributed by atoms with van der Waals surface area (Å²) in [5, 5.41) is 7.08. The van der Waals surface area contributed by atoms with Gasteiger partial charge in [-0.15, -0.1) is 0 Å². The number of aryl methyl sites for hydroxylation is 2. The maximum absolute atomic E-state index is 11.9. The monoisotopic (exact) mass is 299 g/mol. The Morgan fingerprint density at radius 3 is 3.00 bits per heavy atom. The lowest BCUT2D eigenvalue weighted by atomic mass is 10.2. The molecule has 0 fully saturated rings. The van der Waals surface area contributed by atoms with Crippen molar-refractivity contribution in [1.29, 1.82) is 0 Å². The third-order valence-corrected chi connectivity index (χ3v) is 3.39. The normalized spacial score (nSPS) is 12.8. The van der Waals surface area contributed by atoms with Gasteiger partial charge in [0.15, 0.2) is 11.5 Å². The summed E-state index contributed by atoms with van der Waals surface area (Å²) in [5.74, 6) is 1.28. The zero-order valence-electron chi connectivity index (χ0n) is 12.5. The van der Waals surface area contributed by atoms with E-state index in [2.05, 4.69) is 10.4 Å². The molecule has 0 bridgehead atoms. The van der Waals surface area contributed by atoms with E-state index in [1.165, 1.54) is 6.08 Å². The smallest absolute Gasteiger partial charge is 0.244 e. The minimum atomic E-state index is -0.152. The maximum Gasteiger partial charge on any atom is 0.244 e. The van der Waals surface area contributed by atoms with Crippen molar-refractivity contribution in [3.8, 4) is 11.5 Å². The molecule has 2 aromatic rings. The van der Waals surface area contributed by atoms with Crippen LogP contribution in [0.2, 0.25) is 0 Å². The van der Waals surface area contributed by atoms with E-state index >= 15 is 0 Å². The zero-order valence-corrected chi connectivity index (χ0v) is 12.5. The molecular weight excluding hydrogens is 282 g/mol. The fourth-order valence-electron chi connectivity index (χ4n) is 2.25. The molecule has 1 aromatic carbocycles. The molecule has 0 spiro atoms. The van der Waals surface area contributed by atoms with E-state index in [4.69, 9.17) is 9.47 Å². The van der Waals surface area contributed by atoms with Crippen molar-refractivity contribution >= 4 is 12.0 Å². The summed E-state index contributed by atoms with van der Waals surface area (Å²) in [6.07, 6.45) is 5.15. The van der Waals surface area contributed by atoms with Crippen molar-refractivity contribution in [1.82, 2.24) is 15.1 Å². The molecule has 0 radical (unpaired) electrons. The molecule has 0 saturated carbocycles. The molecular formula is C16H17N3O3. The second-order valence-electron chi connectivity index (χ2n) is 5.08. The number of hydrogen-bond acceptors (Lipinski definition) is 4. The highest BCUT2D eigenvalue weighted by Crippen LogP contribution is 2.32. The SMILES string of the molecule is Cc1nn(C)cc1CNC(=O)/C=C/c1ccc2c(c1)OCO2. The summed E-state index contributed by atoms with van der Waals surface area (Å²) >= 11 is 0. The first-order chi connectivity index (χ1) is 10.6. The largest absolute Gasteiger partial charge is 0.454 e. The Morgan fingerprint density at radius 2 is 2.23 bits per heavy atom. The predicted octanol–water partition coefficient (Wildman–Crippen LogP) is 1.79. The van der Waals surface area contributed by atoms with Crippen LogP contribution in [0.1, 0.15) is 16.8 Å². The van der Waals surface area contributed by atoms with Gasteiger partial charge in [0.2, 0.25) is 12.7 Å². The van der Waals surface area contributed by atoms with Gasteiger partial charge in [-0.05, 0) is 30.7 Å². The number of carbonyl (C=O) groups excluding carboxylic acids is 1. The van der Waals surface area contributed by atoms with Gasteiger partial charge in [0, 0.05) is 31.4 Å². The second-order valence-corrected chi connectivity index (χ2v) is 5.08. The summed E-state index contributed by atoms with van der Waals surface area (Å²) in [6.45, 7) is 2.63. The van der Waals surface area contributed by atoms with E-state index in [1.807, 2.05) is 38.4 Å². The topological polar surface area (TPSA) is 65.4 Å². The number of hydrogen-bond donors (Lipinski definition) is 1. The van der Waals surface area contributed by atoms with Crippen LogP contribution in [0.4, 0.5) is 0 Å². The summed E-state index contributed by atoms with van der Waals surface area (Å²) in [7, 11) is 1.86. The average molecular weight is 299 g/mol. The molecule has 22 heavy (non-hydrogen) atoms. The zero-order chi connectivity index (χ0) is 15.5. The van der Waals surface area contributed by atoms with Gasteiger partial charge in [-0.1, -0.05) is 6.07 Å². The van der Waals surface area contributed by atoms with Gasteiger partial charge in [0.05, 0.1) is 5.69 Å². The Morgan fingerprint density at radius 1 is 1.41 bits per heavy atom. The fraction of sp³-hybridized carbons (Fsp3) is 0.250. The van der Waals surface area contributed by atoms with E-state index < -0.39 is 0 Å². The van der Waals surface area contributed by atoms with Crippen molar-refractivity contribution in [3.05, 3.63) is 47.3 Å². The maximum atomic E-state index is 11.9. The Bertz CT molecular complexity index is 734. The molecule has 1 N–H and O–H groups in total. The number of aromatic nitrogens is 2. The third kappa shape index (κ3) is 3.11. The summed E-state index contributed by atoms with van der Waals surface area (Å²) in [6, 6.07) is 5.55. The van der Waals surface area contributed by atoms with Crippen LogP contribution in [0, 0.1) is 6.92 Å². The van der Waals surface area contributed by atoms with E-state index in [1.54, 1.807) is 10.8 Å². The van der Waals surface area contributed by atoms with Crippen LogP contribution < -0.4 is 14.8 Å². The van der Waals surface area contributed by atoms with Crippen LogP contribution in [0.5, 0.6) is 11.5 Å². The quantitative estimate of drug-likeness (QED) is 0.874. The van der Waals surface area contributed by atoms with Gasteiger partial charge in [0.25, 0.3) is 0 Å². The molecule has 1 aliphatic rings. The molecule has 1 aliphatic heterocycles. The van der Waals surface area contributed by atoms with Crippen molar-refractivity contribution in [3.63, 3.8) is 0 Å². The Kier molecular flexibility index (Phi) is 3.82. The molecule has 6 heteroatoms. The molecule has 0 unspecified atom stereocenters. The Labute approximate surface area is 128 Å². The number of fused-ring (bicyclic) bond motifs is 1. The molecule has 6 nitrogen and oxygen atoms in total. The van der Waals surface area contributed by atoms with E-state index in [9.17, 15) is 4.79 Å². The molecule has 2 heterocycles. The van der Waals surface area contributed by atoms with E-state index in [0.717, 1.165) is 22.6 Å². The summed E-state index contributed by atoms with van der Waals surface area (Å²) in [4.78, 5) is 11.9. The lowest BCUT2D eigenvalue weighted by molar-refractivity contribution is -0.116. The third-order valence-electron chi connectivity index (χ3n) is 3.39. The number of rotatable bonds is 4. The minimum absolute atomic E-state index is 0.152.